The lowest BCUT2D eigenvalue weighted by atomic mass is 9.49. The number of benzene rings is 5. The summed E-state index contributed by atoms with van der Waals surface area (Å²) in [4.78, 5) is 60.7. The smallest absolute Gasteiger partial charge is 0.508 e. The fourth-order valence-electron chi connectivity index (χ4n) is 10.2. The van der Waals surface area contributed by atoms with Gasteiger partial charge in [0.15, 0.2) is 0 Å². The third-order valence-corrected chi connectivity index (χ3v) is 13.0. The van der Waals surface area contributed by atoms with Gasteiger partial charge in [0.25, 0.3) is 11.8 Å². The Bertz CT molecular complexity index is 2740. The van der Waals surface area contributed by atoms with E-state index < -0.39 is 76.5 Å². The summed E-state index contributed by atoms with van der Waals surface area (Å²) in [5, 5.41) is 12.6. The van der Waals surface area contributed by atoms with Crippen LogP contribution in [0.5, 0.6) is 23.0 Å². The van der Waals surface area contributed by atoms with E-state index in [1.54, 1.807) is 111 Å². The normalized spacial score (nSPS) is 24.0. The number of nitrogens with zero attached hydrogens (tertiary/aromatic N) is 2. The number of alkyl halides is 3. The number of halogens is 3. The summed E-state index contributed by atoms with van der Waals surface area (Å²) in [7, 11) is 3.14. The minimum atomic E-state index is -5.09. The van der Waals surface area contributed by atoms with E-state index in [0.29, 0.717) is 34.0 Å². The number of methoxy groups -OCH3 is 2. The summed E-state index contributed by atoms with van der Waals surface area (Å²) in [6.45, 7) is 1.89. The molecular formula is C50H42F3N3O8. The highest BCUT2D eigenvalue weighted by Gasteiger charge is 2.70. The number of hydrazine groups is 1. The van der Waals surface area contributed by atoms with Gasteiger partial charge in [-0.25, -0.2) is 0 Å². The highest BCUT2D eigenvalue weighted by Crippen LogP contribution is 2.65. The highest BCUT2D eigenvalue weighted by molar-refractivity contribution is 6.22. The second-order valence-corrected chi connectivity index (χ2v) is 16.4. The van der Waals surface area contributed by atoms with Crippen molar-refractivity contribution in [3.63, 3.8) is 0 Å². The van der Waals surface area contributed by atoms with Gasteiger partial charge in [0.1, 0.15) is 23.0 Å². The number of aromatic hydroxyl groups is 1. The van der Waals surface area contributed by atoms with Crippen LogP contribution >= 0.6 is 0 Å². The van der Waals surface area contributed by atoms with E-state index in [9.17, 15) is 32.7 Å². The van der Waals surface area contributed by atoms with Gasteiger partial charge < -0.3 is 19.3 Å². The van der Waals surface area contributed by atoms with Gasteiger partial charge in [0.05, 0.1) is 48.8 Å². The van der Waals surface area contributed by atoms with Gasteiger partial charge in [0, 0.05) is 17.0 Å². The van der Waals surface area contributed by atoms with E-state index in [-0.39, 0.29) is 18.4 Å². The van der Waals surface area contributed by atoms with Crippen molar-refractivity contribution in [2.45, 2.75) is 37.5 Å². The van der Waals surface area contributed by atoms with E-state index in [0.717, 1.165) is 44.8 Å². The summed E-state index contributed by atoms with van der Waals surface area (Å²) in [5.41, 5.74) is 5.13. The zero-order valence-corrected chi connectivity index (χ0v) is 34.8. The first-order valence-corrected chi connectivity index (χ1v) is 20.7. The molecule has 2 N–H and O–H groups in total. The van der Waals surface area contributed by atoms with Crippen LogP contribution in [0.15, 0.2) is 127 Å². The lowest BCUT2D eigenvalue weighted by molar-refractivity contribution is -0.274. The van der Waals surface area contributed by atoms with Crippen molar-refractivity contribution in [1.82, 2.24) is 5.01 Å². The quantitative estimate of drug-likeness (QED) is 0.0802. The summed E-state index contributed by atoms with van der Waals surface area (Å²) in [6, 6.07) is 30.9. The topological polar surface area (TPSA) is 135 Å². The van der Waals surface area contributed by atoms with Crippen LogP contribution in [0.2, 0.25) is 0 Å². The molecule has 2 aliphatic carbocycles. The number of hydrogen-bond acceptors (Lipinski definition) is 9. The molecule has 3 fully saturated rings. The molecule has 5 aromatic carbocycles. The summed E-state index contributed by atoms with van der Waals surface area (Å²) >= 11 is 0. The largest absolute Gasteiger partial charge is 0.573 e. The van der Waals surface area contributed by atoms with Gasteiger partial charge in [-0.3, -0.25) is 29.5 Å². The molecule has 0 unspecified atom stereocenters. The Hall–Kier alpha value is -7.35. The fourth-order valence-corrected chi connectivity index (χ4v) is 10.2. The molecule has 9 rings (SSSR count). The van der Waals surface area contributed by atoms with Crippen LogP contribution in [0.25, 0.3) is 12.2 Å². The van der Waals surface area contributed by atoms with Crippen LogP contribution in [0.4, 0.5) is 24.5 Å². The molecule has 2 heterocycles. The molecule has 326 valence electrons. The Morgan fingerprint density at radius 1 is 0.781 bits per heavy atom. The number of ether oxygens (including phenoxy) is 3. The van der Waals surface area contributed by atoms with Gasteiger partial charge in [-0.1, -0.05) is 84.0 Å². The van der Waals surface area contributed by atoms with E-state index in [4.69, 9.17) is 9.47 Å². The monoisotopic (exact) mass is 869 g/mol. The number of carbonyl (C=O) groups excluding carboxylic acids is 4. The molecule has 2 saturated heterocycles. The second-order valence-electron chi connectivity index (χ2n) is 16.4. The van der Waals surface area contributed by atoms with Crippen LogP contribution in [0, 0.1) is 30.6 Å². The van der Waals surface area contributed by atoms with E-state index in [1.165, 1.54) is 0 Å². The number of carbonyl (C=O) groups is 4. The first-order chi connectivity index (χ1) is 30.7. The average molecular weight is 870 g/mol. The lowest BCUT2D eigenvalue weighted by Gasteiger charge is -2.50. The third kappa shape index (κ3) is 7.02. The summed E-state index contributed by atoms with van der Waals surface area (Å²) in [6.07, 6.45) is 0.379. The van der Waals surface area contributed by atoms with Gasteiger partial charge >= 0.3 is 6.36 Å². The number of phenolic OH excluding ortho intramolecular Hbond substituents is 1. The van der Waals surface area contributed by atoms with E-state index in [1.807, 2.05) is 25.1 Å². The molecule has 0 aromatic heterocycles. The molecule has 4 amide bonds. The molecule has 2 aliphatic heterocycles. The van der Waals surface area contributed by atoms with Crippen molar-refractivity contribution in [3.05, 3.63) is 155 Å². The molecule has 14 heteroatoms. The van der Waals surface area contributed by atoms with Crippen LogP contribution in [0.3, 0.4) is 0 Å². The molecule has 11 nitrogen and oxygen atoms in total. The molecular weight excluding hydrogens is 828 g/mol. The predicted octanol–water partition coefficient (Wildman–Crippen LogP) is 8.98. The van der Waals surface area contributed by atoms with Crippen LogP contribution in [0.1, 0.15) is 46.6 Å². The SMILES string of the molecule is COc1ccc(OC)c(C=Cc2ccc(N3C(=O)[C@H]4[C@H](CC=C5[C@H]4C[C@H]4C(=O)N(Nc6ccc(C)cc6)C(=O)[C@@]4(c4ccccc4)[C@H]5c4cc(OC(F)(F)F)ccc4O)C3=O)cc2)c1. The number of nitrogens with one attached hydrogen (secondary N) is 1. The highest BCUT2D eigenvalue weighted by atomic mass is 19.4. The zero-order chi connectivity index (χ0) is 45.1. The molecule has 0 spiro atoms. The number of imide groups is 2. The molecule has 64 heavy (non-hydrogen) atoms. The van der Waals surface area contributed by atoms with Crippen molar-refractivity contribution < 1.29 is 51.7 Å². The Morgan fingerprint density at radius 3 is 2.19 bits per heavy atom. The maximum atomic E-state index is 15.4. The molecule has 5 aromatic rings. The first-order valence-electron chi connectivity index (χ1n) is 20.7. The third-order valence-electron chi connectivity index (χ3n) is 13.0. The van der Waals surface area contributed by atoms with Crippen LogP contribution in [-0.4, -0.2) is 54.3 Å². The van der Waals surface area contributed by atoms with Crippen molar-refractivity contribution >= 4 is 47.2 Å². The van der Waals surface area contributed by atoms with Crippen molar-refractivity contribution in [1.29, 1.82) is 0 Å². The van der Waals surface area contributed by atoms with E-state index >= 15 is 4.79 Å². The van der Waals surface area contributed by atoms with Gasteiger partial charge in [0.2, 0.25) is 11.8 Å². The number of rotatable bonds is 10. The average Bonchev–Trinajstić information content (AvgIpc) is 3.67. The maximum absolute atomic E-state index is 15.4. The summed E-state index contributed by atoms with van der Waals surface area (Å²) < 4.78 is 56.4. The molecule has 0 radical (unpaired) electrons. The fraction of sp³-hybridized carbons (Fsp3) is 0.240. The van der Waals surface area contributed by atoms with Gasteiger partial charge in [-0.15, -0.1) is 13.2 Å². The first kappa shape index (κ1) is 42.0. The number of phenols is 1. The Kier molecular flexibility index (Phi) is 10.5. The van der Waals surface area contributed by atoms with Crippen molar-refractivity contribution in [2.24, 2.45) is 23.7 Å². The summed E-state index contributed by atoms with van der Waals surface area (Å²) in [5.74, 6) is -7.25. The number of allylic oxidation sites excluding steroid dienone is 2. The minimum absolute atomic E-state index is 0.0553. The number of aryl methyl sites for hydroxylation is 1. The second kappa shape index (κ2) is 16.1. The van der Waals surface area contributed by atoms with E-state index in [2.05, 4.69) is 10.2 Å². The number of anilines is 2. The standard InChI is InChI=1S/C50H42F3N3O8/c1-28-9-15-32(16-10-28)54-56-46(59)40-27-38-36(44(49(40,48(56)61)31-7-5-4-6-8-31)39-26-35(19-23-41(39)57)64-50(51,52)53)21-22-37-43(38)47(60)55(45(37)58)33-17-12-29(13-18-33)11-14-30-25-34(62-2)20-24-42(30)63-3/h4-21,23-26,37-38,40,43-44,54,57H,22,27H2,1-3H3/t37-,38+,40-,43-,44+,49+/m0/s1. The van der Waals surface area contributed by atoms with Crippen molar-refractivity contribution in [3.8, 4) is 23.0 Å². The zero-order valence-electron chi connectivity index (χ0n) is 34.8. The minimum Gasteiger partial charge on any atom is -0.508 e. The molecule has 1 saturated carbocycles. The Balaban J connectivity index is 1.13. The van der Waals surface area contributed by atoms with Gasteiger partial charge in [-0.2, -0.15) is 5.01 Å². The van der Waals surface area contributed by atoms with Crippen LogP contribution in [-0.2, 0) is 24.6 Å². The Labute approximate surface area is 366 Å². The Morgan fingerprint density at radius 2 is 1.50 bits per heavy atom. The van der Waals surface area contributed by atoms with Crippen LogP contribution < -0.4 is 24.5 Å². The number of hydrogen-bond donors (Lipinski definition) is 2. The number of amides is 4. The van der Waals surface area contributed by atoms with Gasteiger partial charge in [-0.05, 0) is 97.5 Å². The molecule has 6 atom stereocenters. The van der Waals surface area contributed by atoms with Crippen molar-refractivity contribution in [2.75, 3.05) is 24.5 Å². The molecule has 4 aliphatic rings. The maximum Gasteiger partial charge on any atom is 0.573 e. The molecule has 0 bridgehead atoms. The number of fused-ring (bicyclic) bond motifs is 4. The lowest BCUT2D eigenvalue weighted by Crippen LogP contribution is -2.53. The predicted molar refractivity (Wildman–Crippen MR) is 231 cm³/mol.